The van der Waals surface area contributed by atoms with E-state index in [1.54, 1.807) is 0 Å². The van der Waals surface area contributed by atoms with Gasteiger partial charge in [0.1, 0.15) is 0 Å². The van der Waals surface area contributed by atoms with Gasteiger partial charge in [0.2, 0.25) is 20.0 Å². The first-order valence-electron chi connectivity index (χ1n) is 6.46. The Labute approximate surface area is 126 Å². The highest BCUT2D eigenvalue weighted by atomic mass is 32.2. The number of primary sulfonamides is 1. The standard InChI is InChI=1S/C13H22N2O4S2/c1-13(2,3)8-9-21(18,19)15-12-6-4-11(5-7-12)10-20(14,16)17/h4-7,15H,8-10H2,1-3H3,(H2,14,16,17). The zero-order chi connectivity index (χ0) is 16.3. The van der Waals surface area contributed by atoms with E-state index >= 15 is 0 Å². The minimum atomic E-state index is -3.59. The average molecular weight is 334 g/mol. The molecule has 8 heteroatoms. The van der Waals surface area contributed by atoms with Crippen molar-refractivity contribution in [3.8, 4) is 0 Å². The van der Waals surface area contributed by atoms with Gasteiger partial charge < -0.3 is 0 Å². The fourth-order valence-electron chi connectivity index (χ4n) is 1.57. The van der Waals surface area contributed by atoms with Crippen LogP contribution in [0.25, 0.3) is 0 Å². The Hall–Kier alpha value is -1.12. The number of nitrogens with one attached hydrogen (secondary N) is 1. The highest BCUT2D eigenvalue weighted by Crippen LogP contribution is 2.20. The molecule has 1 aromatic carbocycles. The zero-order valence-corrected chi connectivity index (χ0v) is 14.1. The maximum absolute atomic E-state index is 11.9. The van der Waals surface area contributed by atoms with Crippen molar-refractivity contribution in [3.63, 3.8) is 0 Å². The van der Waals surface area contributed by atoms with E-state index in [0.717, 1.165) is 0 Å². The van der Waals surface area contributed by atoms with E-state index < -0.39 is 20.0 Å². The molecule has 0 aliphatic carbocycles. The summed E-state index contributed by atoms with van der Waals surface area (Å²) in [6.07, 6.45) is 0.547. The number of rotatable bonds is 6. The second-order valence-electron chi connectivity index (χ2n) is 6.24. The van der Waals surface area contributed by atoms with Crippen LogP contribution in [-0.4, -0.2) is 22.6 Å². The van der Waals surface area contributed by atoms with Gasteiger partial charge in [0, 0.05) is 5.69 Å². The third kappa shape index (κ3) is 8.03. The summed E-state index contributed by atoms with van der Waals surface area (Å²) in [5, 5.41) is 4.95. The molecule has 0 radical (unpaired) electrons. The molecule has 6 nitrogen and oxygen atoms in total. The summed E-state index contributed by atoms with van der Waals surface area (Å²) in [7, 11) is -7.00. The van der Waals surface area contributed by atoms with E-state index in [2.05, 4.69) is 4.72 Å². The van der Waals surface area contributed by atoms with Crippen molar-refractivity contribution < 1.29 is 16.8 Å². The molecule has 1 aromatic rings. The molecule has 0 aromatic heterocycles. The normalized spacial score (nSPS) is 13.1. The van der Waals surface area contributed by atoms with Crippen molar-refractivity contribution in [2.45, 2.75) is 32.9 Å². The Balaban J connectivity index is 2.71. The first kappa shape index (κ1) is 17.9. The molecule has 1 rings (SSSR count). The molecule has 0 amide bonds. The van der Waals surface area contributed by atoms with Crippen molar-refractivity contribution in [1.82, 2.24) is 0 Å². The number of sulfonamides is 2. The van der Waals surface area contributed by atoms with Crippen LogP contribution in [0.4, 0.5) is 5.69 Å². The number of nitrogens with two attached hydrogens (primary N) is 1. The Morgan fingerprint density at radius 2 is 1.57 bits per heavy atom. The van der Waals surface area contributed by atoms with Crippen LogP contribution >= 0.6 is 0 Å². The van der Waals surface area contributed by atoms with Crippen LogP contribution in [0.15, 0.2) is 24.3 Å². The van der Waals surface area contributed by atoms with Crippen LogP contribution in [0.3, 0.4) is 0 Å². The quantitative estimate of drug-likeness (QED) is 0.825. The monoisotopic (exact) mass is 334 g/mol. The summed E-state index contributed by atoms with van der Waals surface area (Å²) < 4.78 is 48.3. The van der Waals surface area contributed by atoms with Gasteiger partial charge in [0.15, 0.2) is 0 Å². The molecular weight excluding hydrogens is 312 g/mol. The molecule has 0 atom stereocenters. The molecular formula is C13H22N2O4S2. The zero-order valence-electron chi connectivity index (χ0n) is 12.5. The Bertz CT molecular complexity index is 672. The summed E-state index contributed by atoms with van der Waals surface area (Å²) >= 11 is 0. The molecule has 0 heterocycles. The van der Waals surface area contributed by atoms with E-state index in [1.165, 1.54) is 24.3 Å². The van der Waals surface area contributed by atoms with E-state index in [4.69, 9.17) is 5.14 Å². The summed E-state index contributed by atoms with van der Waals surface area (Å²) in [5.74, 6) is -0.237. The summed E-state index contributed by atoms with van der Waals surface area (Å²) in [4.78, 5) is 0. The number of anilines is 1. The number of hydrogen-bond donors (Lipinski definition) is 2. The highest BCUT2D eigenvalue weighted by molar-refractivity contribution is 7.92. The third-order valence-corrected chi connectivity index (χ3v) is 4.74. The lowest BCUT2D eigenvalue weighted by Crippen LogP contribution is -2.21. The molecule has 0 fully saturated rings. The van der Waals surface area contributed by atoms with Gasteiger partial charge >= 0.3 is 0 Å². The van der Waals surface area contributed by atoms with Crippen LogP contribution in [0, 0.1) is 5.41 Å². The van der Waals surface area contributed by atoms with Gasteiger partial charge in [-0.15, -0.1) is 0 Å². The molecule has 0 aliphatic rings. The van der Waals surface area contributed by atoms with Crippen molar-refractivity contribution in [1.29, 1.82) is 0 Å². The molecule has 0 spiro atoms. The lowest BCUT2D eigenvalue weighted by molar-refractivity contribution is 0.397. The van der Waals surface area contributed by atoms with Crippen molar-refractivity contribution in [2.24, 2.45) is 10.6 Å². The molecule has 21 heavy (non-hydrogen) atoms. The second-order valence-corrected chi connectivity index (χ2v) is 9.69. The van der Waals surface area contributed by atoms with Gasteiger partial charge in [0.25, 0.3) is 0 Å². The van der Waals surface area contributed by atoms with E-state index in [9.17, 15) is 16.8 Å². The van der Waals surface area contributed by atoms with Crippen LogP contribution < -0.4 is 9.86 Å². The van der Waals surface area contributed by atoms with E-state index in [1.807, 2.05) is 20.8 Å². The minimum Gasteiger partial charge on any atom is -0.284 e. The van der Waals surface area contributed by atoms with Crippen molar-refractivity contribution >= 4 is 25.7 Å². The van der Waals surface area contributed by atoms with Gasteiger partial charge in [-0.05, 0) is 29.5 Å². The largest absolute Gasteiger partial charge is 0.284 e. The van der Waals surface area contributed by atoms with Crippen molar-refractivity contribution in [3.05, 3.63) is 29.8 Å². The maximum Gasteiger partial charge on any atom is 0.232 e. The molecule has 3 N–H and O–H groups in total. The fraction of sp³-hybridized carbons (Fsp3) is 0.538. The molecule has 120 valence electrons. The molecule has 0 saturated carbocycles. The lowest BCUT2D eigenvalue weighted by Gasteiger charge is -2.18. The van der Waals surface area contributed by atoms with E-state index in [0.29, 0.717) is 17.7 Å². The van der Waals surface area contributed by atoms with E-state index in [-0.39, 0.29) is 16.9 Å². The van der Waals surface area contributed by atoms with Crippen molar-refractivity contribution in [2.75, 3.05) is 10.5 Å². The Morgan fingerprint density at radius 3 is 2.00 bits per heavy atom. The first-order chi connectivity index (χ1) is 9.36. The summed E-state index contributed by atoms with van der Waals surface area (Å²) in [6.45, 7) is 5.93. The van der Waals surface area contributed by atoms with Gasteiger partial charge in [-0.1, -0.05) is 32.9 Å². The van der Waals surface area contributed by atoms with Gasteiger partial charge in [0.05, 0.1) is 11.5 Å². The molecule has 0 aliphatic heterocycles. The average Bonchev–Trinajstić information content (AvgIpc) is 2.26. The predicted octanol–water partition coefficient (Wildman–Crippen LogP) is 1.65. The van der Waals surface area contributed by atoms with Crippen LogP contribution in [-0.2, 0) is 25.8 Å². The second kappa shape index (κ2) is 6.33. The Morgan fingerprint density at radius 1 is 1.05 bits per heavy atom. The smallest absolute Gasteiger partial charge is 0.232 e. The van der Waals surface area contributed by atoms with Crippen LogP contribution in [0.5, 0.6) is 0 Å². The van der Waals surface area contributed by atoms with Gasteiger partial charge in [-0.2, -0.15) is 0 Å². The Kier molecular flexibility index (Phi) is 5.40. The summed E-state index contributed by atoms with van der Waals surface area (Å²) in [6, 6.07) is 6.11. The number of benzene rings is 1. The third-order valence-electron chi connectivity index (χ3n) is 2.72. The van der Waals surface area contributed by atoms with Gasteiger partial charge in [-0.3, -0.25) is 4.72 Å². The fourth-order valence-corrected chi connectivity index (χ4v) is 3.71. The molecule has 0 bridgehead atoms. The van der Waals surface area contributed by atoms with Crippen LogP contribution in [0.2, 0.25) is 0 Å². The highest BCUT2D eigenvalue weighted by Gasteiger charge is 2.17. The predicted molar refractivity (Wildman–Crippen MR) is 84.7 cm³/mol. The topological polar surface area (TPSA) is 106 Å². The minimum absolute atomic E-state index is 0.0371. The maximum atomic E-state index is 11.9. The SMILES string of the molecule is CC(C)(C)CCS(=O)(=O)Nc1ccc(CS(N)(=O)=O)cc1. The van der Waals surface area contributed by atoms with Gasteiger partial charge in [-0.25, -0.2) is 22.0 Å². The number of hydrogen-bond acceptors (Lipinski definition) is 4. The lowest BCUT2D eigenvalue weighted by atomic mass is 9.94. The summed E-state index contributed by atoms with van der Waals surface area (Å²) in [5.41, 5.74) is 0.853. The molecule has 0 saturated heterocycles. The first-order valence-corrected chi connectivity index (χ1v) is 9.83. The van der Waals surface area contributed by atoms with Crippen LogP contribution in [0.1, 0.15) is 32.8 Å². The molecule has 0 unspecified atom stereocenters.